The molecule has 1 fully saturated rings. The Morgan fingerprint density at radius 2 is 2.17 bits per heavy atom. The van der Waals surface area contributed by atoms with Gasteiger partial charge in [-0.1, -0.05) is 26.7 Å². The Labute approximate surface area is 115 Å². The molecule has 2 rings (SSSR count). The Morgan fingerprint density at radius 1 is 1.39 bits per heavy atom. The van der Waals surface area contributed by atoms with Gasteiger partial charge in [0.1, 0.15) is 0 Å². The van der Waals surface area contributed by atoms with E-state index in [0.29, 0.717) is 6.04 Å². The summed E-state index contributed by atoms with van der Waals surface area (Å²) in [6.45, 7) is 9.94. The fourth-order valence-electron chi connectivity index (χ4n) is 3.31. The van der Waals surface area contributed by atoms with Gasteiger partial charge in [0.25, 0.3) is 0 Å². The Hall–Kier alpha value is -0.410. The summed E-state index contributed by atoms with van der Waals surface area (Å²) in [6, 6.07) is 0.531. The summed E-state index contributed by atoms with van der Waals surface area (Å²) in [5.41, 5.74) is 1.24. The fourth-order valence-corrected chi connectivity index (χ4v) is 4.41. The third kappa shape index (κ3) is 3.12. The third-order valence-electron chi connectivity index (χ3n) is 4.09. The number of aromatic nitrogens is 1. The van der Waals surface area contributed by atoms with Crippen molar-refractivity contribution in [2.45, 2.75) is 59.4 Å². The first-order chi connectivity index (χ1) is 8.61. The molecular formula is C15H26N2S. The topological polar surface area (TPSA) is 24.9 Å². The highest BCUT2D eigenvalue weighted by Gasteiger charge is 2.29. The molecule has 2 nitrogen and oxygen atoms in total. The standard InChI is InChI=1S/C15H26N2S/c1-5-16-14(13-8-6-7-10(2)9-13)15-11(3)17-12(4)18-15/h10,13-14,16H,5-9H2,1-4H3. The van der Waals surface area contributed by atoms with E-state index in [1.807, 2.05) is 11.3 Å². The van der Waals surface area contributed by atoms with Crippen molar-refractivity contribution in [3.8, 4) is 0 Å². The lowest BCUT2D eigenvalue weighted by molar-refractivity contribution is 0.227. The highest BCUT2D eigenvalue weighted by molar-refractivity contribution is 7.11. The molecule has 1 N–H and O–H groups in total. The van der Waals surface area contributed by atoms with Crippen LogP contribution in [0.4, 0.5) is 0 Å². The fraction of sp³-hybridized carbons (Fsp3) is 0.800. The average molecular weight is 266 g/mol. The second kappa shape index (κ2) is 6.16. The van der Waals surface area contributed by atoms with Crippen LogP contribution in [0.15, 0.2) is 0 Å². The first kappa shape index (κ1) is 14.0. The molecule has 1 aromatic heterocycles. The summed E-state index contributed by atoms with van der Waals surface area (Å²) in [4.78, 5) is 6.09. The number of hydrogen-bond donors (Lipinski definition) is 1. The van der Waals surface area contributed by atoms with Crippen LogP contribution in [0.3, 0.4) is 0 Å². The summed E-state index contributed by atoms with van der Waals surface area (Å²) in [7, 11) is 0. The van der Waals surface area contributed by atoms with Crippen LogP contribution < -0.4 is 5.32 Å². The van der Waals surface area contributed by atoms with Crippen LogP contribution in [-0.4, -0.2) is 11.5 Å². The minimum atomic E-state index is 0.531. The Balaban J connectivity index is 2.19. The number of thiazole rings is 1. The van der Waals surface area contributed by atoms with Gasteiger partial charge in [0.15, 0.2) is 0 Å². The highest BCUT2D eigenvalue weighted by atomic mass is 32.1. The van der Waals surface area contributed by atoms with Gasteiger partial charge in [-0.05, 0) is 45.1 Å². The largest absolute Gasteiger partial charge is 0.309 e. The molecule has 0 amide bonds. The SMILES string of the molecule is CCNC(c1sc(C)nc1C)C1CCCC(C)C1. The van der Waals surface area contributed by atoms with Gasteiger partial charge in [0.2, 0.25) is 0 Å². The Morgan fingerprint density at radius 3 is 2.72 bits per heavy atom. The zero-order valence-corrected chi connectivity index (χ0v) is 12.9. The van der Waals surface area contributed by atoms with Crippen molar-refractivity contribution in [1.29, 1.82) is 0 Å². The van der Waals surface area contributed by atoms with Crippen LogP contribution in [0.25, 0.3) is 0 Å². The summed E-state index contributed by atoms with van der Waals surface area (Å²) >= 11 is 1.88. The Kier molecular flexibility index (Phi) is 4.79. The quantitative estimate of drug-likeness (QED) is 0.882. The second-order valence-electron chi connectivity index (χ2n) is 5.75. The molecule has 0 aromatic carbocycles. The normalized spacial score (nSPS) is 26.2. The van der Waals surface area contributed by atoms with E-state index in [9.17, 15) is 0 Å². The van der Waals surface area contributed by atoms with E-state index in [1.54, 1.807) is 0 Å². The number of hydrogen-bond acceptors (Lipinski definition) is 3. The zero-order valence-electron chi connectivity index (χ0n) is 12.1. The second-order valence-corrected chi connectivity index (χ2v) is 6.98. The summed E-state index contributed by atoms with van der Waals surface area (Å²) < 4.78 is 0. The van der Waals surface area contributed by atoms with Crippen molar-refractivity contribution < 1.29 is 0 Å². The van der Waals surface area contributed by atoms with Crippen molar-refractivity contribution in [1.82, 2.24) is 10.3 Å². The summed E-state index contributed by atoms with van der Waals surface area (Å²) in [6.07, 6.45) is 5.55. The number of aryl methyl sites for hydroxylation is 2. The van der Waals surface area contributed by atoms with Gasteiger partial charge in [-0.15, -0.1) is 11.3 Å². The summed E-state index contributed by atoms with van der Waals surface area (Å²) in [5.74, 6) is 1.69. The van der Waals surface area contributed by atoms with Crippen LogP contribution >= 0.6 is 11.3 Å². The van der Waals surface area contributed by atoms with E-state index in [1.165, 1.54) is 41.3 Å². The van der Waals surface area contributed by atoms with E-state index < -0.39 is 0 Å². The van der Waals surface area contributed by atoms with Gasteiger partial charge in [-0.3, -0.25) is 0 Å². The maximum atomic E-state index is 4.61. The molecule has 1 aromatic rings. The first-order valence-electron chi connectivity index (χ1n) is 7.29. The van der Waals surface area contributed by atoms with Gasteiger partial charge in [0, 0.05) is 10.9 Å². The van der Waals surface area contributed by atoms with Crippen molar-refractivity contribution in [3.05, 3.63) is 15.6 Å². The average Bonchev–Trinajstić information content (AvgIpc) is 2.65. The molecule has 3 heteroatoms. The molecule has 1 aliphatic carbocycles. The molecule has 102 valence electrons. The molecule has 3 unspecified atom stereocenters. The predicted octanol–water partition coefficient (Wildman–Crippen LogP) is 4.24. The van der Waals surface area contributed by atoms with E-state index in [4.69, 9.17) is 0 Å². The molecular weight excluding hydrogens is 240 g/mol. The number of nitrogens with one attached hydrogen (secondary N) is 1. The van der Waals surface area contributed by atoms with Crippen LogP contribution in [-0.2, 0) is 0 Å². The van der Waals surface area contributed by atoms with Crippen molar-refractivity contribution in [2.24, 2.45) is 11.8 Å². The van der Waals surface area contributed by atoms with E-state index in [2.05, 4.69) is 38.0 Å². The monoisotopic (exact) mass is 266 g/mol. The van der Waals surface area contributed by atoms with Crippen molar-refractivity contribution >= 4 is 11.3 Å². The molecule has 1 heterocycles. The molecule has 1 saturated carbocycles. The number of nitrogens with zero attached hydrogens (tertiary/aromatic N) is 1. The molecule has 1 aliphatic rings. The van der Waals surface area contributed by atoms with Gasteiger partial charge in [0.05, 0.1) is 10.7 Å². The van der Waals surface area contributed by atoms with Crippen LogP contribution in [0, 0.1) is 25.7 Å². The lowest BCUT2D eigenvalue weighted by Crippen LogP contribution is -2.31. The van der Waals surface area contributed by atoms with E-state index in [0.717, 1.165) is 18.4 Å². The highest BCUT2D eigenvalue weighted by Crippen LogP contribution is 2.39. The van der Waals surface area contributed by atoms with Gasteiger partial charge < -0.3 is 5.32 Å². The van der Waals surface area contributed by atoms with Crippen LogP contribution in [0.2, 0.25) is 0 Å². The lowest BCUT2D eigenvalue weighted by atomic mass is 9.78. The van der Waals surface area contributed by atoms with Crippen LogP contribution in [0.5, 0.6) is 0 Å². The van der Waals surface area contributed by atoms with E-state index in [-0.39, 0.29) is 0 Å². The third-order valence-corrected chi connectivity index (χ3v) is 5.25. The maximum absolute atomic E-state index is 4.61. The summed E-state index contributed by atoms with van der Waals surface area (Å²) in [5, 5.41) is 4.92. The Bertz CT molecular complexity index is 386. The van der Waals surface area contributed by atoms with Crippen molar-refractivity contribution in [3.63, 3.8) is 0 Å². The van der Waals surface area contributed by atoms with Gasteiger partial charge in [-0.2, -0.15) is 0 Å². The minimum absolute atomic E-state index is 0.531. The van der Waals surface area contributed by atoms with E-state index >= 15 is 0 Å². The molecule has 18 heavy (non-hydrogen) atoms. The lowest BCUT2D eigenvalue weighted by Gasteiger charge is -2.33. The smallest absolute Gasteiger partial charge is 0.0900 e. The zero-order chi connectivity index (χ0) is 13.1. The molecule has 0 spiro atoms. The first-order valence-corrected chi connectivity index (χ1v) is 8.10. The number of rotatable bonds is 4. The maximum Gasteiger partial charge on any atom is 0.0900 e. The van der Waals surface area contributed by atoms with Crippen molar-refractivity contribution in [2.75, 3.05) is 6.54 Å². The molecule has 0 radical (unpaired) electrons. The molecule has 0 bridgehead atoms. The molecule has 0 aliphatic heterocycles. The predicted molar refractivity (Wildman–Crippen MR) is 79.1 cm³/mol. The molecule has 0 saturated heterocycles. The van der Waals surface area contributed by atoms with Gasteiger partial charge >= 0.3 is 0 Å². The van der Waals surface area contributed by atoms with Crippen LogP contribution in [0.1, 0.15) is 61.2 Å². The minimum Gasteiger partial charge on any atom is -0.309 e. The molecule has 3 atom stereocenters. The van der Waals surface area contributed by atoms with Gasteiger partial charge in [-0.25, -0.2) is 4.98 Å².